The van der Waals surface area contributed by atoms with Crippen molar-refractivity contribution in [2.24, 2.45) is 0 Å². The number of carbonyl (C=O) groups excluding carboxylic acids is 2. The number of fused-ring (bicyclic) bond motifs is 1. The predicted molar refractivity (Wildman–Crippen MR) is 97.7 cm³/mol. The van der Waals surface area contributed by atoms with E-state index < -0.39 is 0 Å². The molecule has 0 aromatic heterocycles. The Balaban J connectivity index is 1.54. The number of nitrogens with one attached hydrogen (secondary N) is 2. The van der Waals surface area contributed by atoms with Gasteiger partial charge >= 0.3 is 0 Å². The van der Waals surface area contributed by atoms with E-state index in [4.69, 9.17) is 18.9 Å². The molecule has 8 heteroatoms. The third-order valence-electron chi connectivity index (χ3n) is 3.95. The van der Waals surface area contributed by atoms with E-state index in [-0.39, 0.29) is 31.6 Å². The minimum Gasteiger partial charge on any atom is -0.496 e. The van der Waals surface area contributed by atoms with Crippen LogP contribution in [-0.4, -0.2) is 39.4 Å². The maximum atomic E-state index is 12.4. The molecule has 1 aliphatic rings. The van der Waals surface area contributed by atoms with Gasteiger partial charge in [-0.1, -0.05) is 6.07 Å². The Morgan fingerprint density at radius 3 is 2.44 bits per heavy atom. The Kier molecular flexibility index (Phi) is 5.65. The number of ether oxygens (including phenoxy) is 4. The van der Waals surface area contributed by atoms with Gasteiger partial charge in [-0.15, -0.1) is 0 Å². The summed E-state index contributed by atoms with van der Waals surface area (Å²) in [5.41, 5.74) is 0.889. The predicted octanol–water partition coefficient (Wildman–Crippen LogP) is 2.19. The molecule has 0 spiro atoms. The van der Waals surface area contributed by atoms with Crippen molar-refractivity contribution >= 4 is 17.5 Å². The summed E-state index contributed by atoms with van der Waals surface area (Å²) in [4.78, 5) is 24.5. The Hall–Kier alpha value is -3.42. The van der Waals surface area contributed by atoms with Crippen LogP contribution in [0.25, 0.3) is 0 Å². The van der Waals surface area contributed by atoms with Crippen molar-refractivity contribution in [2.75, 3.05) is 32.9 Å². The molecule has 0 fully saturated rings. The molecule has 27 heavy (non-hydrogen) atoms. The molecule has 142 valence electrons. The van der Waals surface area contributed by atoms with E-state index in [1.807, 2.05) is 0 Å². The molecule has 0 aliphatic carbocycles. The van der Waals surface area contributed by atoms with Gasteiger partial charge in [0.1, 0.15) is 17.1 Å². The summed E-state index contributed by atoms with van der Waals surface area (Å²) in [7, 11) is 2.95. The quantitative estimate of drug-likeness (QED) is 0.774. The van der Waals surface area contributed by atoms with Crippen molar-refractivity contribution in [1.82, 2.24) is 5.32 Å². The Morgan fingerprint density at radius 2 is 1.74 bits per heavy atom. The maximum Gasteiger partial charge on any atom is 0.258 e. The van der Waals surface area contributed by atoms with E-state index >= 15 is 0 Å². The average Bonchev–Trinajstić information content (AvgIpc) is 3.14. The van der Waals surface area contributed by atoms with Gasteiger partial charge in [-0.3, -0.25) is 9.59 Å². The van der Waals surface area contributed by atoms with Gasteiger partial charge in [0.15, 0.2) is 11.5 Å². The van der Waals surface area contributed by atoms with Crippen LogP contribution in [0.1, 0.15) is 16.8 Å². The largest absolute Gasteiger partial charge is 0.496 e. The van der Waals surface area contributed by atoms with Gasteiger partial charge in [-0.25, -0.2) is 0 Å². The molecular formula is C19H20N2O6. The number of hydrogen-bond acceptors (Lipinski definition) is 6. The smallest absolute Gasteiger partial charge is 0.258 e. The number of benzene rings is 2. The van der Waals surface area contributed by atoms with Gasteiger partial charge in [0, 0.05) is 24.7 Å². The summed E-state index contributed by atoms with van der Waals surface area (Å²) < 4.78 is 20.9. The van der Waals surface area contributed by atoms with Gasteiger partial charge < -0.3 is 29.6 Å². The third kappa shape index (κ3) is 4.22. The molecule has 0 saturated carbocycles. The Labute approximate surface area is 156 Å². The minimum atomic E-state index is -0.375. The number of anilines is 1. The molecule has 1 heterocycles. The second kappa shape index (κ2) is 8.31. The second-order valence-electron chi connectivity index (χ2n) is 5.66. The van der Waals surface area contributed by atoms with E-state index in [2.05, 4.69) is 10.6 Å². The fraction of sp³-hybridized carbons (Fsp3) is 0.263. The number of amides is 2. The number of hydrogen-bond donors (Lipinski definition) is 2. The topological polar surface area (TPSA) is 95.1 Å². The third-order valence-corrected chi connectivity index (χ3v) is 3.95. The lowest BCUT2D eigenvalue weighted by Crippen LogP contribution is -2.28. The van der Waals surface area contributed by atoms with Crippen molar-refractivity contribution < 1.29 is 28.5 Å². The van der Waals surface area contributed by atoms with E-state index in [9.17, 15) is 9.59 Å². The first-order chi connectivity index (χ1) is 13.1. The highest BCUT2D eigenvalue weighted by atomic mass is 16.7. The van der Waals surface area contributed by atoms with Crippen LogP contribution in [0, 0.1) is 0 Å². The molecule has 2 N–H and O–H groups in total. The lowest BCUT2D eigenvalue weighted by molar-refractivity contribution is -0.116. The number of rotatable bonds is 7. The lowest BCUT2D eigenvalue weighted by Gasteiger charge is -2.13. The zero-order valence-electron chi connectivity index (χ0n) is 15.0. The summed E-state index contributed by atoms with van der Waals surface area (Å²) in [5.74, 6) is 1.42. The van der Waals surface area contributed by atoms with Crippen LogP contribution in [0.4, 0.5) is 5.69 Å². The maximum absolute atomic E-state index is 12.4. The zero-order chi connectivity index (χ0) is 19.2. The van der Waals surface area contributed by atoms with Crippen molar-refractivity contribution in [3.05, 3.63) is 42.0 Å². The number of methoxy groups -OCH3 is 2. The SMILES string of the molecule is COc1cccc(OC)c1C(=O)NCCC(=O)Nc1ccc2c(c1)OCO2. The standard InChI is InChI=1S/C19H20N2O6/c1-24-14-4-3-5-15(25-2)18(14)19(23)20-9-8-17(22)21-12-6-7-13-16(10-12)27-11-26-13/h3-7,10H,8-9,11H2,1-2H3,(H,20,23)(H,21,22). The highest BCUT2D eigenvalue weighted by molar-refractivity contribution is 6.00. The molecule has 0 bridgehead atoms. The summed E-state index contributed by atoms with van der Waals surface area (Å²) in [6.45, 7) is 0.335. The normalized spacial score (nSPS) is 11.6. The Morgan fingerprint density at radius 1 is 1.04 bits per heavy atom. The monoisotopic (exact) mass is 372 g/mol. The second-order valence-corrected chi connectivity index (χ2v) is 5.66. The van der Waals surface area contributed by atoms with E-state index in [0.29, 0.717) is 34.2 Å². The molecule has 2 amide bonds. The van der Waals surface area contributed by atoms with E-state index in [1.54, 1.807) is 36.4 Å². The molecule has 0 atom stereocenters. The van der Waals surface area contributed by atoms with Crippen molar-refractivity contribution in [3.8, 4) is 23.0 Å². The van der Waals surface area contributed by atoms with Crippen LogP contribution < -0.4 is 29.6 Å². The van der Waals surface area contributed by atoms with Gasteiger partial charge in [0.05, 0.1) is 14.2 Å². The average molecular weight is 372 g/mol. The summed E-state index contributed by atoms with van der Waals surface area (Å²) >= 11 is 0. The van der Waals surface area contributed by atoms with Gasteiger partial charge in [-0.05, 0) is 24.3 Å². The first-order valence-electron chi connectivity index (χ1n) is 8.31. The Bertz CT molecular complexity index is 830. The van der Waals surface area contributed by atoms with Gasteiger partial charge in [0.25, 0.3) is 5.91 Å². The van der Waals surface area contributed by atoms with Crippen LogP contribution in [-0.2, 0) is 4.79 Å². The van der Waals surface area contributed by atoms with Gasteiger partial charge in [0.2, 0.25) is 12.7 Å². The van der Waals surface area contributed by atoms with Crippen LogP contribution in [0.5, 0.6) is 23.0 Å². The molecule has 2 aromatic carbocycles. The van der Waals surface area contributed by atoms with Crippen molar-refractivity contribution in [1.29, 1.82) is 0 Å². The van der Waals surface area contributed by atoms with E-state index in [0.717, 1.165) is 0 Å². The molecule has 2 aromatic rings. The van der Waals surface area contributed by atoms with Gasteiger partial charge in [-0.2, -0.15) is 0 Å². The van der Waals surface area contributed by atoms with Crippen LogP contribution >= 0.6 is 0 Å². The van der Waals surface area contributed by atoms with Crippen molar-refractivity contribution in [2.45, 2.75) is 6.42 Å². The molecule has 1 aliphatic heterocycles. The van der Waals surface area contributed by atoms with Crippen molar-refractivity contribution in [3.63, 3.8) is 0 Å². The lowest BCUT2D eigenvalue weighted by atomic mass is 10.1. The fourth-order valence-electron chi connectivity index (χ4n) is 2.65. The summed E-state index contributed by atoms with van der Waals surface area (Å²) in [6, 6.07) is 10.2. The van der Waals surface area contributed by atoms with E-state index in [1.165, 1.54) is 14.2 Å². The van der Waals surface area contributed by atoms with Crippen LogP contribution in [0.2, 0.25) is 0 Å². The fourth-order valence-corrected chi connectivity index (χ4v) is 2.65. The zero-order valence-corrected chi connectivity index (χ0v) is 15.0. The molecule has 0 unspecified atom stereocenters. The molecular weight excluding hydrogens is 352 g/mol. The highest BCUT2D eigenvalue weighted by Crippen LogP contribution is 2.34. The first-order valence-corrected chi connectivity index (χ1v) is 8.31. The van der Waals surface area contributed by atoms with Crippen LogP contribution in [0.3, 0.4) is 0 Å². The summed E-state index contributed by atoms with van der Waals surface area (Å²) in [6.07, 6.45) is 0.109. The first kappa shape index (κ1) is 18.4. The molecule has 8 nitrogen and oxygen atoms in total. The molecule has 3 rings (SSSR count). The van der Waals surface area contributed by atoms with Crippen LogP contribution in [0.15, 0.2) is 36.4 Å². The summed E-state index contributed by atoms with van der Waals surface area (Å²) in [5, 5.41) is 5.46. The number of carbonyl (C=O) groups is 2. The molecule has 0 saturated heterocycles. The molecule has 0 radical (unpaired) electrons. The minimum absolute atomic E-state index is 0.109. The highest BCUT2D eigenvalue weighted by Gasteiger charge is 2.18.